The molecule has 1 aromatic carbocycles. The van der Waals surface area contributed by atoms with Crippen LogP contribution in [0.5, 0.6) is 0 Å². The highest BCUT2D eigenvalue weighted by molar-refractivity contribution is 7.89. The summed E-state index contributed by atoms with van der Waals surface area (Å²) in [6, 6.07) is 3.92. The van der Waals surface area contributed by atoms with Gasteiger partial charge in [0.25, 0.3) is 0 Å². The van der Waals surface area contributed by atoms with Gasteiger partial charge in [-0.1, -0.05) is 25.4 Å². The lowest BCUT2D eigenvalue weighted by Gasteiger charge is -2.21. The molecular formula is C13H20ClNO4S. The Kier molecular flexibility index (Phi) is 6.42. The molecule has 20 heavy (non-hydrogen) atoms. The monoisotopic (exact) mass is 321 g/mol. The molecule has 0 aliphatic heterocycles. The zero-order chi connectivity index (χ0) is 15.3. The average molecular weight is 322 g/mol. The number of hydrogen-bond donors (Lipinski definition) is 2. The summed E-state index contributed by atoms with van der Waals surface area (Å²) in [6.45, 7) is 3.80. The predicted octanol–water partition coefficient (Wildman–Crippen LogP) is 1.78. The molecule has 0 amide bonds. The van der Waals surface area contributed by atoms with Crippen molar-refractivity contribution in [3.8, 4) is 0 Å². The van der Waals surface area contributed by atoms with Crippen LogP contribution < -0.4 is 4.72 Å². The predicted molar refractivity (Wildman–Crippen MR) is 78.2 cm³/mol. The summed E-state index contributed by atoms with van der Waals surface area (Å²) in [5.74, 6) is 0.0920. The quantitative estimate of drug-likeness (QED) is 0.802. The van der Waals surface area contributed by atoms with Gasteiger partial charge in [0.2, 0.25) is 10.0 Å². The van der Waals surface area contributed by atoms with Crippen LogP contribution in [0.3, 0.4) is 0 Å². The summed E-state index contributed by atoms with van der Waals surface area (Å²) in [6.07, 6.45) is 0. The van der Waals surface area contributed by atoms with Crippen LogP contribution in [0.2, 0.25) is 5.02 Å². The maximum absolute atomic E-state index is 12.3. The third-order valence-electron chi connectivity index (χ3n) is 2.96. The van der Waals surface area contributed by atoms with E-state index >= 15 is 0 Å². The Balaban J connectivity index is 3.04. The summed E-state index contributed by atoms with van der Waals surface area (Å²) in [5, 5.41) is 9.48. The topological polar surface area (TPSA) is 75.6 Å². The lowest BCUT2D eigenvalue weighted by atomic mass is 10.1. The maximum atomic E-state index is 12.3. The zero-order valence-electron chi connectivity index (χ0n) is 11.8. The zero-order valence-corrected chi connectivity index (χ0v) is 13.3. The van der Waals surface area contributed by atoms with Crippen molar-refractivity contribution >= 4 is 21.6 Å². The first-order valence-corrected chi connectivity index (χ1v) is 8.08. The fourth-order valence-electron chi connectivity index (χ4n) is 1.65. The molecule has 114 valence electrons. The number of methoxy groups -OCH3 is 1. The summed E-state index contributed by atoms with van der Waals surface area (Å²) in [4.78, 5) is 0.0766. The second-order valence-electron chi connectivity index (χ2n) is 4.84. The standard InChI is InChI=1S/C13H20ClNO4S/c1-9(2)13(8-19-3)15-20(17,18)11-4-5-12(14)10(6-11)7-16/h4-6,9,13,15-16H,7-8H2,1-3H3. The highest BCUT2D eigenvalue weighted by Crippen LogP contribution is 2.21. The number of sulfonamides is 1. The number of aliphatic hydroxyl groups is 1. The van der Waals surface area contributed by atoms with Gasteiger partial charge in [-0.15, -0.1) is 0 Å². The second-order valence-corrected chi connectivity index (χ2v) is 6.96. The smallest absolute Gasteiger partial charge is 0.240 e. The number of ether oxygens (including phenoxy) is 1. The molecule has 1 aromatic rings. The first-order valence-electron chi connectivity index (χ1n) is 6.22. The lowest BCUT2D eigenvalue weighted by Crippen LogP contribution is -2.41. The normalized spacial score (nSPS) is 13.7. The van der Waals surface area contributed by atoms with Crippen molar-refractivity contribution in [1.29, 1.82) is 0 Å². The summed E-state index contributed by atoms with van der Waals surface area (Å²) in [5.41, 5.74) is 0.377. The van der Waals surface area contributed by atoms with Gasteiger partial charge < -0.3 is 9.84 Å². The van der Waals surface area contributed by atoms with Crippen molar-refractivity contribution in [2.45, 2.75) is 31.4 Å². The molecule has 0 aliphatic rings. The van der Waals surface area contributed by atoms with Gasteiger partial charge in [-0.3, -0.25) is 0 Å². The van der Waals surface area contributed by atoms with Crippen molar-refractivity contribution < 1.29 is 18.3 Å². The van der Waals surface area contributed by atoms with E-state index in [0.717, 1.165) is 0 Å². The molecule has 0 aliphatic carbocycles. The Labute approximate surface area is 125 Å². The van der Waals surface area contributed by atoms with Crippen LogP contribution in [0, 0.1) is 5.92 Å². The molecule has 0 aromatic heterocycles. The minimum absolute atomic E-state index is 0.0766. The fourth-order valence-corrected chi connectivity index (χ4v) is 3.25. The average Bonchev–Trinajstić information content (AvgIpc) is 2.38. The van der Waals surface area contributed by atoms with Crippen molar-refractivity contribution in [2.75, 3.05) is 13.7 Å². The van der Waals surface area contributed by atoms with E-state index in [2.05, 4.69) is 4.72 Å². The fraction of sp³-hybridized carbons (Fsp3) is 0.538. The Bertz CT molecular complexity index is 545. The van der Waals surface area contributed by atoms with Gasteiger partial charge in [-0.25, -0.2) is 13.1 Å². The van der Waals surface area contributed by atoms with Crippen LogP contribution in [0.25, 0.3) is 0 Å². The van der Waals surface area contributed by atoms with Gasteiger partial charge in [0.15, 0.2) is 0 Å². The Hall–Kier alpha value is -0.660. The van der Waals surface area contributed by atoms with Crippen LogP contribution in [0.4, 0.5) is 0 Å². The van der Waals surface area contributed by atoms with Gasteiger partial charge in [0.1, 0.15) is 0 Å². The van der Waals surface area contributed by atoms with E-state index in [4.69, 9.17) is 21.4 Å². The number of halogens is 1. The number of aliphatic hydroxyl groups excluding tert-OH is 1. The van der Waals surface area contributed by atoms with Gasteiger partial charge >= 0.3 is 0 Å². The third-order valence-corrected chi connectivity index (χ3v) is 4.81. The molecule has 0 radical (unpaired) electrons. The first-order chi connectivity index (χ1) is 9.31. The molecule has 5 nitrogen and oxygen atoms in total. The highest BCUT2D eigenvalue weighted by Gasteiger charge is 2.23. The Morgan fingerprint density at radius 2 is 2.05 bits per heavy atom. The maximum Gasteiger partial charge on any atom is 0.240 e. The molecule has 0 heterocycles. The first kappa shape index (κ1) is 17.4. The molecule has 1 rings (SSSR count). The van der Waals surface area contributed by atoms with Crippen LogP contribution >= 0.6 is 11.6 Å². The van der Waals surface area contributed by atoms with E-state index in [1.54, 1.807) is 0 Å². The summed E-state index contributed by atoms with van der Waals surface area (Å²) >= 11 is 5.86. The summed E-state index contributed by atoms with van der Waals surface area (Å²) in [7, 11) is -2.15. The van der Waals surface area contributed by atoms with E-state index in [0.29, 0.717) is 10.6 Å². The van der Waals surface area contributed by atoms with Crippen LogP contribution in [0.15, 0.2) is 23.1 Å². The molecule has 0 bridgehead atoms. The van der Waals surface area contributed by atoms with Crippen molar-refractivity contribution in [3.05, 3.63) is 28.8 Å². The van der Waals surface area contributed by atoms with Gasteiger partial charge in [0.05, 0.1) is 18.1 Å². The number of nitrogens with one attached hydrogen (secondary N) is 1. The summed E-state index contributed by atoms with van der Waals surface area (Å²) < 4.78 is 32.2. The van der Waals surface area contributed by atoms with Gasteiger partial charge in [-0.2, -0.15) is 0 Å². The van der Waals surface area contributed by atoms with Crippen LogP contribution in [0.1, 0.15) is 19.4 Å². The molecule has 7 heteroatoms. The van der Waals surface area contributed by atoms with Gasteiger partial charge in [0, 0.05) is 18.2 Å². The van der Waals surface area contributed by atoms with Crippen molar-refractivity contribution in [2.24, 2.45) is 5.92 Å². The third kappa shape index (κ3) is 4.43. The van der Waals surface area contributed by atoms with E-state index in [1.165, 1.54) is 25.3 Å². The minimum Gasteiger partial charge on any atom is -0.392 e. The SMILES string of the molecule is COCC(NS(=O)(=O)c1ccc(Cl)c(CO)c1)C(C)C. The lowest BCUT2D eigenvalue weighted by molar-refractivity contribution is 0.157. The van der Waals surface area contributed by atoms with Crippen LogP contribution in [-0.2, 0) is 21.4 Å². The molecule has 1 atom stereocenters. The Morgan fingerprint density at radius 3 is 2.55 bits per heavy atom. The molecule has 0 saturated heterocycles. The Morgan fingerprint density at radius 1 is 1.40 bits per heavy atom. The molecule has 0 fully saturated rings. The van der Waals surface area contributed by atoms with E-state index in [9.17, 15) is 8.42 Å². The molecular weight excluding hydrogens is 302 g/mol. The number of rotatable bonds is 7. The molecule has 0 saturated carbocycles. The molecule has 0 spiro atoms. The van der Waals surface area contributed by atoms with E-state index in [-0.39, 0.29) is 30.1 Å². The second kappa shape index (κ2) is 7.38. The van der Waals surface area contributed by atoms with Crippen LogP contribution in [-0.4, -0.2) is 33.3 Å². The molecule has 2 N–H and O–H groups in total. The number of benzene rings is 1. The minimum atomic E-state index is -3.68. The van der Waals surface area contributed by atoms with E-state index < -0.39 is 10.0 Å². The van der Waals surface area contributed by atoms with Crippen molar-refractivity contribution in [1.82, 2.24) is 4.72 Å². The van der Waals surface area contributed by atoms with Crippen molar-refractivity contribution in [3.63, 3.8) is 0 Å². The van der Waals surface area contributed by atoms with E-state index in [1.807, 2.05) is 13.8 Å². The molecule has 1 unspecified atom stereocenters. The highest BCUT2D eigenvalue weighted by atomic mass is 35.5. The largest absolute Gasteiger partial charge is 0.392 e. The number of hydrogen-bond acceptors (Lipinski definition) is 4. The van der Waals surface area contributed by atoms with Gasteiger partial charge in [-0.05, 0) is 29.7 Å².